The first-order valence-corrected chi connectivity index (χ1v) is 10.6. The summed E-state index contributed by atoms with van der Waals surface area (Å²) >= 11 is 0. The molecule has 0 radical (unpaired) electrons. The number of nitrogens with one attached hydrogen (secondary N) is 1. The smallest absolute Gasteiger partial charge is 0.225 e. The van der Waals surface area contributed by atoms with Crippen molar-refractivity contribution in [2.75, 3.05) is 36.4 Å². The number of benzene rings is 2. The number of amides is 2. The number of piperazine rings is 1. The van der Waals surface area contributed by atoms with Gasteiger partial charge in [-0.1, -0.05) is 37.3 Å². The van der Waals surface area contributed by atoms with E-state index in [4.69, 9.17) is 0 Å². The van der Waals surface area contributed by atoms with Gasteiger partial charge in [-0.15, -0.1) is 0 Å². The summed E-state index contributed by atoms with van der Waals surface area (Å²) in [6.07, 6.45) is 2.59. The number of hydrogen-bond donors (Lipinski definition) is 1. The maximum Gasteiger partial charge on any atom is 0.225 e. The maximum atomic E-state index is 12.4. The third-order valence-electron chi connectivity index (χ3n) is 5.89. The molecule has 0 aromatic heterocycles. The molecule has 1 N–H and O–H groups in total. The van der Waals surface area contributed by atoms with E-state index in [9.17, 15) is 9.59 Å². The predicted octanol–water partition coefficient (Wildman–Crippen LogP) is 3.88. The van der Waals surface area contributed by atoms with Crippen LogP contribution in [0.1, 0.15) is 37.7 Å². The molecule has 1 saturated carbocycles. The average molecular weight is 392 g/mol. The molecular weight excluding hydrogens is 362 g/mol. The lowest BCUT2D eigenvalue weighted by molar-refractivity contribution is -0.132. The molecule has 1 saturated heterocycles. The summed E-state index contributed by atoms with van der Waals surface area (Å²) in [4.78, 5) is 28.9. The van der Waals surface area contributed by atoms with Gasteiger partial charge in [-0.25, -0.2) is 0 Å². The van der Waals surface area contributed by atoms with Gasteiger partial charge in [-0.05, 0) is 48.6 Å². The van der Waals surface area contributed by atoms with Crippen LogP contribution in [0.3, 0.4) is 0 Å². The maximum absolute atomic E-state index is 12.4. The Bertz CT molecular complexity index is 838. The molecule has 5 nitrogen and oxygen atoms in total. The lowest BCUT2D eigenvalue weighted by Gasteiger charge is -2.36. The molecule has 0 bridgehead atoms. The highest BCUT2D eigenvalue weighted by Crippen LogP contribution is 2.31. The minimum atomic E-state index is 0.0290. The quantitative estimate of drug-likeness (QED) is 0.813. The summed E-state index contributed by atoms with van der Waals surface area (Å²) in [7, 11) is 0. The number of carbonyl (C=O) groups is 2. The fraction of sp³-hybridized carbons (Fsp3) is 0.417. The molecule has 5 heteroatoms. The Labute approximate surface area is 172 Å². The molecule has 1 aliphatic heterocycles. The zero-order valence-electron chi connectivity index (χ0n) is 17.0. The molecule has 2 aliphatic rings. The fourth-order valence-electron chi connectivity index (χ4n) is 3.92. The van der Waals surface area contributed by atoms with Crippen molar-refractivity contribution in [2.24, 2.45) is 5.92 Å². The van der Waals surface area contributed by atoms with E-state index >= 15 is 0 Å². The molecule has 4 rings (SSSR count). The highest BCUT2D eigenvalue weighted by molar-refractivity contribution is 5.91. The van der Waals surface area contributed by atoms with Crippen LogP contribution in [-0.4, -0.2) is 42.9 Å². The summed E-state index contributed by atoms with van der Waals surface area (Å²) in [6.45, 7) is 5.39. The van der Waals surface area contributed by atoms with E-state index in [0.29, 0.717) is 18.2 Å². The highest BCUT2D eigenvalue weighted by Gasteiger charge is 2.34. The average Bonchev–Trinajstić information content (AvgIpc) is 3.60. The molecule has 0 spiro atoms. The normalized spacial score (nSPS) is 17.7. The zero-order chi connectivity index (χ0) is 20.2. The molecule has 1 unspecified atom stereocenters. The highest BCUT2D eigenvalue weighted by atomic mass is 16.2. The van der Waals surface area contributed by atoms with Crippen LogP contribution in [0.2, 0.25) is 0 Å². The van der Waals surface area contributed by atoms with Gasteiger partial charge in [0.15, 0.2) is 0 Å². The van der Waals surface area contributed by atoms with Crippen LogP contribution in [0.4, 0.5) is 11.4 Å². The van der Waals surface area contributed by atoms with E-state index < -0.39 is 0 Å². The Morgan fingerprint density at radius 3 is 2.24 bits per heavy atom. The van der Waals surface area contributed by atoms with Crippen molar-refractivity contribution in [1.82, 2.24) is 4.90 Å². The third kappa shape index (κ3) is 4.97. The van der Waals surface area contributed by atoms with Crippen LogP contribution in [-0.2, 0) is 9.59 Å². The summed E-state index contributed by atoms with van der Waals surface area (Å²) in [5.41, 5.74) is 3.14. The van der Waals surface area contributed by atoms with Crippen LogP contribution in [0.25, 0.3) is 0 Å². The van der Waals surface area contributed by atoms with Crippen LogP contribution < -0.4 is 10.2 Å². The van der Waals surface area contributed by atoms with E-state index in [2.05, 4.69) is 41.4 Å². The number of rotatable bonds is 6. The minimum Gasteiger partial charge on any atom is -0.368 e. The second-order valence-corrected chi connectivity index (χ2v) is 8.20. The summed E-state index contributed by atoms with van der Waals surface area (Å²) in [5.74, 6) is 0.855. The van der Waals surface area contributed by atoms with Crippen molar-refractivity contribution in [3.05, 3.63) is 60.2 Å². The van der Waals surface area contributed by atoms with E-state index in [-0.39, 0.29) is 11.8 Å². The van der Waals surface area contributed by atoms with Gasteiger partial charge in [-0.3, -0.25) is 9.59 Å². The monoisotopic (exact) mass is 391 g/mol. The number of anilines is 2. The largest absolute Gasteiger partial charge is 0.368 e. The number of nitrogens with zero attached hydrogens (tertiary/aromatic N) is 2. The van der Waals surface area contributed by atoms with Gasteiger partial charge in [0, 0.05) is 49.9 Å². The second-order valence-electron chi connectivity index (χ2n) is 8.20. The Balaban J connectivity index is 1.27. The lowest BCUT2D eigenvalue weighted by Crippen LogP contribution is -2.49. The van der Waals surface area contributed by atoms with Crippen molar-refractivity contribution in [3.8, 4) is 0 Å². The molecule has 2 amide bonds. The van der Waals surface area contributed by atoms with Gasteiger partial charge in [0.1, 0.15) is 0 Å². The molecule has 29 heavy (non-hydrogen) atoms. The molecular formula is C24H29N3O2. The third-order valence-corrected chi connectivity index (χ3v) is 5.89. The van der Waals surface area contributed by atoms with Gasteiger partial charge < -0.3 is 15.1 Å². The van der Waals surface area contributed by atoms with Crippen LogP contribution in [0, 0.1) is 5.92 Å². The van der Waals surface area contributed by atoms with Crippen molar-refractivity contribution in [2.45, 2.75) is 32.1 Å². The fourth-order valence-corrected chi connectivity index (χ4v) is 3.92. The summed E-state index contributed by atoms with van der Waals surface area (Å²) in [5, 5.41) is 3.00. The summed E-state index contributed by atoms with van der Waals surface area (Å²) < 4.78 is 0. The van der Waals surface area contributed by atoms with Gasteiger partial charge in [0.25, 0.3) is 0 Å². The number of hydrogen-bond acceptors (Lipinski definition) is 3. The molecule has 2 aromatic rings. The first kappa shape index (κ1) is 19.5. The van der Waals surface area contributed by atoms with Crippen LogP contribution in [0.15, 0.2) is 54.6 Å². The Morgan fingerprint density at radius 1 is 0.966 bits per heavy atom. The SMILES string of the molecule is CC(CC(=O)Nc1ccc(N2CCN(C(=O)C3CC3)CC2)cc1)c1ccccc1. The topological polar surface area (TPSA) is 52.7 Å². The first-order valence-electron chi connectivity index (χ1n) is 10.6. The van der Waals surface area contributed by atoms with E-state index in [1.54, 1.807) is 0 Å². The molecule has 152 valence electrons. The zero-order valence-corrected chi connectivity index (χ0v) is 17.0. The van der Waals surface area contributed by atoms with Crippen molar-refractivity contribution in [3.63, 3.8) is 0 Å². The van der Waals surface area contributed by atoms with Gasteiger partial charge in [0.05, 0.1) is 0 Å². The predicted molar refractivity (Wildman–Crippen MR) is 116 cm³/mol. The second kappa shape index (κ2) is 8.68. The van der Waals surface area contributed by atoms with Crippen LogP contribution in [0.5, 0.6) is 0 Å². The Hall–Kier alpha value is -2.82. The first-order chi connectivity index (χ1) is 14.1. The standard InChI is InChI=1S/C24H29N3O2/c1-18(19-5-3-2-4-6-19)17-23(28)25-21-9-11-22(12-10-21)26-13-15-27(16-14-26)24(29)20-7-8-20/h2-6,9-12,18,20H,7-8,13-17H2,1H3,(H,25,28). The Morgan fingerprint density at radius 2 is 1.62 bits per heavy atom. The molecule has 1 heterocycles. The van der Waals surface area contributed by atoms with Gasteiger partial charge in [-0.2, -0.15) is 0 Å². The van der Waals surface area contributed by atoms with Crippen molar-refractivity contribution >= 4 is 23.2 Å². The molecule has 2 fully saturated rings. The van der Waals surface area contributed by atoms with Gasteiger partial charge in [0.2, 0.25) is 11.8 Å². The van der Waals surface area contributed by atoms with Crippen LogP contribution >= 0.6 is 0 Å². The lowest BCUT2D eigenvalue weighted by atomic mass is 9.97. The summed E-state index contributed by atoms with van der Waals surface area (Å²) in [6, 6.07) is 18.1. The van der Waals surface area contributed by atoms with E-state index in [1.165, 1.54) is 5.56 Å². The Kier molecular flexibility index (Phi) is 5.84. The van der Waals surface area contributed by atoms with E-state index in [1.807, 2.05) is 35.2 Å². The van der Waals surface area contributed by atoms with Gasteiger partial charge >= 0.3 is 0 Å². The molecule has 2 aromatic carbocycles. The minimum absolute atomic E-state index is 0.0290. The van der Waals surface area contributed by atoms with E-state index in [0.717, 1.165) is 50.4 Å². The van der Waals surface area contributed by atoms with Crippen molar-refractivity contribution < 1.29 is 9.59 Å². The number of carbonyl (C=O) groups excluding carboxylic acids is 2. The molecule has 1 atom stereocenters. The molecule has 1 aliphatic carbocycles. The van der Waals surface area contributed by atoms with Crippen molar-refractivity contribution in [1.29, 1.82) is 0 Å².